The maximum atomic E-state index is 12.1. The molecule has 6 nitrogen and oxygen atoms in total. The standard InChI is InChI=1S/C25H31N3O3/c1-17(2)28-21-12-11-19(13-20(21)18(3)14-25(28,4)5)15-26-27-24(29)16-31-23-10-8-7-9-22(23)30-6/h7-15,17H,16H2,1-6H3,(H,27,29)/b26-15+. The van der Waals surface area contributed by atoms with Crippen molar-refractivity contribution >= 4 is 23.4 Å². The van der Waals surface area contributed by atoms with Crippen LogP contribution >= 0.6 is 0 Å². The summed E-state index contributed by atoms with van der Waals surface area (Å²) in [5, 5.41) is 4.08. The maximum absolute atomic E-state index is 12.1. The van der Waals surface area contributed by atoms with Crippen molar-refractivity contribution in [1.82, 2.24) is 5.43 Å². The second kappa shape index (κ2) is 9.25. The number of para-hydroxylation sites is 2. The second-order valence-electron chi connectivity index (χ2n) is 8.45. The maximum Gasteiger partial charge on any atom is 0.277 e. The van der Waals surface area contributed by atoms with Crippen LogP contribution in [0.25, 0.3) is 5.57 Å². The van der Waals surface area contributed by atoms with E-state index in [1.807, 2.05) is 18.2 Å². The zero-order valence-corrected chi connectivity index (χ0v) is 19.1. The second-order valence-corrected chi connectivity index (χ2v) is 8.45. The quantitative estimate of drug-likeness (QED) is 0.523. The van der Waals surface area contributed by atoms with E-state index in [9.17, 15) is 4.79 Å². The first kappa shape index (κ1) is 22.4. The summed E-state index contributed by atoms with van der Waals surface area (Å²) < 4.78 is 10.7. The Balaban J connectivity index is 1.66. The smallest absolute Gasteiger partial charge is 0.277 e. The zero-order chi connectivity index (χ0) is 22.6. The number of ether oxygens (including phenoxy) is 2. The number of hydrazone groups is 1. The molecule has 3 rings (SSSR count). The molecule has 0 radical (unpaired) electrons. The van der Waals surface area contributed by atoms with Gasteiger partial charge in [-0.15, -0.1) is 0 Å². The van der Waals surface area contributed by atoms with E-state index < -0.39 is 0 Å². The number of methoxy groups -OCH3 is 1. The summed E-state index contributed by atoms with van der Waals surface area (Å²) in [7, 11) is 1.56. The van der Waals surface area contributed by atoms with Gasteiger partial charge >= 0.3 is 0 Å². The molecule has 1 N–H and O–H groups in total. The number of anilines is 1. The van der Waals surface area contributed by atoms with Gasteiger partial charge in [-0.3, -0.25) is 4.79 Å². The minimum atomic E-state index is -0.344. The Morgan fingerprint density at radius 3 is 2.58 bits per heavy atom. The molecule has 6 heteroatoms. The Morgan fingerprint density at radius 1 is 1.19 bits per heavy atom. The SMILES string of the molecule is COc1ccccc1OCC(=O)N/N=C/c1ccc2c(c1)C(C)=CC(C)(C)N2C(C)C. The molecule has 2 aromatic rings. The normalized spacial score (nSPS) is 14.9. The highest BCUT2D eigenvalue weighted by molar-refractivity contribution is 5.88. The number of amides is 1. The molecular weight excluding hydrogens is 390 g/mol. The van der Waals surface area contributed by atoms with Crippen LogP contribution in [0.5, 0.6) is 11.5 Å². The number of hydrogen-bond donors (Lipinski definition) is 1. The Hall–Kier alpha value is -3.28. The van der Waals surface area contributed by atoms with Crippen LogP contribution in [0.1, 0.15) is 45.7 Å². The van der Waals surface area contributed by atoms with E-state index in [-0.39, 0.29) is 18.1 Å². The third-order valence-corrected chi connectivity index (χ3v) is 5.24. The lowest BCUT2D eigenvalue weighted by Crippen LogP contribution is -2.49. The van der Waals surface area contributed by atoms with Crippen LogP contribution in [0.4, 0.5) is 5.69 Å². The molecule has 1 heterocycles. The fourth-order valence-electron chi connectivity index (χ4n) is 4.18. The number of rotatable bonds is 7. The molecule has 0 saturated carbocycles. The minimum absolute atomic E-state index is 0.0454. The molecule has 31 heavy (non-hydrogen) atoms. The molecule has 0 aromatic heterocycles. The summed E-state index contributed by atoms with van der Waals surface area (Å²) in [4.78, 5) is 14.5. The van der Waals surface area contributed by atoms with E-state index in [2.05, 4.69) is 68.3 Å². The Labute approximate surface area is 184 Å². The lowest BCUT2D eigenvalue weighted by molar-refractivity contribution is -0.123. The topological polar surface area (TPSA) is 63.2 Å². The van der Waals surface area contributed by atoms with Gasteiger partial charge in [0, 0.05) is 17.3 Å². The van der Waals surface area contributed by atoms with Crippen molar-refractivity contribution in [2.45, 2.75) is 46.2 Å². The van der Waals surface area contributed by atoms with Crippen molar-refractivity contribution in [3.63, 3.8) is 0 Å². The number of carbonyl (C=O) groups excluding carboxylic acids is 1. The molecule has 0 aliphatic carbocycles. The minimum Gasteiger partial charge on any atom is -0.493 e. The lowest BCUT2D eigenvalue weighted by atomic mass is 9.87. The first-order chi connectivity index (χ1) is 14.7. The summed E-state index contributed by atoms with van der Waals surface area (Å²) in [5.74, 6) is 0.748. The monoisotopic (exact) mass is 421 g/mol. The Kier molecular flexibility index (Phi) is 6.68. The van der Waals surface area contributed by atoms with Gasteiger partial charge in [-0.25, -0.2) is 5.43 Å². The molecular formula is C25H31N3O3. The van der Waals surface area contributed by atoms with Crippen LogP contribution in [0.3, 0.4) is 0 Å². The molecule has 0 unspecified atom stereocenters. The zero-order valence-electron chi connectivity index (χ0n) is 19.1. The number of benzene rings is 2. The predicted octanol–water partition coefficient (Wildman–Crippen LogP) is 4.63. The van der Waals surface area contributed by atoms with E-state index in [1.165, 1.54) is 16.8 Å². The molecule has 1 amide bonds. The largest absolute Gasteiger partial charge is 0.493 e. The van der Waals surface area contributed by atoms with Crippen LogP contribution in [-0.2, 0) is 4.79 Å². The predicted molar refractivity (Wildman–Crippen MR) is 126 cm³/mol. The molecule has 0 bridgehead atoms. The molecule has 0 spiro atoms. The van der Waals surface area contributed by atoms with Crippen molar-refractivity contribution in [3.8, 4) is 11.5 Å². The van der Waals surface area contributed by atoms with Gasteiger partial charge in [0.15, 0.2) is 18.1 Å². The first-order valence-electron chi connectivity index (χ1n) is 10.4. The third-order valence-electron chi connectivity index (χ3n) is 5.24. The van der Waals surface area contributed by atoms with E-state index in [4.69, 9.17) is 9.47 Å². The fraction of sp³-hybridized carbons (Fsp3) is 0.360. The molecule has 1 aliphatic heterocycles. The van der Waals surface area contributed by atoms with Crippen LogP contribution < -0.4 is 19.8 Å². The number of fused-ring (bicyclic) bond motifs is 1. The van der Waals surface area contributed by atoms with Gasteiger partial charge in [0.05, 0.1) is 18.9 Å². The number of hydrogen-bond acceptors (Lipinski definition) is 5. The van der Waals surface area contributed by atoms with Crippen molar-refractivity contribution in [1.29, 1.82) is 0 Å². The lowest BCUT2D eigenvalue weighted by Gasteiger charge is -2.46. The van der Waals surface area contributed by atoms with Gasteiger partial charge in [-0.1, -0.05) is 24.3 Å². The summed E-state index contributed by atoms with van der Waals surface area (Å²) >= 11 is 0. The molecule has 0 fully saturated rings. The highest BCUT2D eigenvalue weighted by Gasteiger charge is 2.32. The highest BCUT2D eigenvalue weighted by Crippen LogP contribution is 2.40. The van der Waals surface area contributed by atoms with Crippen LogP contribution in [0, 0.1) is 0 Å². The number of nitrogens with zero attached hydrogens (tertiary/aromatic N) is 2. The van der Waals surface area contributed by atoms with Crippen molar-refractivity contribution in [2.24, 2.45) is 5.10 Å². The average Bonchev–Trinajstić information content (AvgIpc) is 2.72. The number of carbonyl (C=O) groups is 1. The fourth-order valence-corrected chi connectivity index (χ4v) is 4.18. The van der Waals surface area contributed by atoms with Gasteiger partial charge in [-0.05, 0) is 70.0 Å². The van der Waals surface area contributed by atoms with Gasteiger partial charge in [-0.2, -0.15) is 5.10 Å². The van der Waals surface area contributed by atoms with E-state index >= 15 is 0 Å². The van der Waals surface area contributed by atoms with E-state index in [1.54, 1.807) is 25.5 Å². The van der Waals surface area contributed by atoms with Gasteiger partial charge < -0.3 is 14.4 Å². The summed E-state index contributed by atoms with van der Waals surface area (Å²) in [6.45, 7) is 10.9. The summed E-state index contributed by atoms with van der Waals surface area (Å²) in [6.07, 6.45) is 3.95. The average molecular weight is 422 g/mol. The van der Waals surface area contributed by atoms with Crippen LogP contribution in [-0.4, -0.2) is 37.4 Å². The molecule has 0 saturated heterocycles. The molecule has 2 aromatic carbocycles. The third kappa shape index (κ3) is 5.08. The van der Waals surface area contributed by atoms with Gasteiger partial charge in [0.1, 0.15) is 0 Å². The molecule has 164 valence electrons. The van der Waals surface area contributed by atoms with Crippen LogP contribution in [0.15, 0.2) is 53.6 Å². The summed E-state index contributed by atoms with van der Waals surface area (Å²) in [6, 6.07) is 13.8. The van der Waals surface area contributed by atoms with Crippen molar-refractivity contribution < 1.29 is 14.3 Å². The number of allylic oxidation sites excluding steroid dienone is 1. The highest BCUT2D eigenvalue weighted by atomic mass is 16.5. The van der Waals surface area contributed by atoms with Gasteiger partial charge in [0.2, 0.25) is 0 Å². The van der Waals surface area contributed by atoms with E-state index in [0.717, 1.165) is 5.56 Å². The van der Waals surface area contributed by atoms with Crippen molar-refractivity contribution in [2.75, 3.05) is 18.6 Å². The number of nitrogens with one attached hydrogen (secondary N) is 1. The van der Waals surface area contributed by atoms with Crippen molar-refractivity contribution in [3.05, 3.63) is 59.7 Å². The Morgan fingerprint density at radius 2 is 1.90 bits per heavy atom. The first-order valence-corrected chi connectivity index (χ1v) is 10.4. The Bertz CT molecular complexity index is 1010. The van der Waals surface area contributed by atoms with E-state index in [0.29, 0.717) is 17.5 Å². The summed E-state index contributed by atoms with van der Waals surface area (Å²) in [5.41, 5.74) is 7.02. The molecule has 1 aliphatic rings. The molecule has 0 atom stereocenters. The van der Waals surface area contributed by atoms with Crippen LogP contribution in [0.2, 0.25) is 0 Å². The van der Waals surface area contributed by atoms with Gasteiger partial charge in [0.25, 0.3) is 5.91 Å².